The number of likely N-dealkylation sites (tertiary alicyclic amines) is 1. The van der Waals surface area contributed by atoms with E-state index in [1.807, 2.05) is 0 Å². The molecule has 1 N–H and O–H groups in total. The van der Waals surface area contributed by atoms with Crippen LogP contribution in [0, 0.1) is 5.82 Å². The number of ether oxygens (including phenoxy) is 1. The third-order valence-corrected chi connectivity index (χ3v) is 4.82. The maximum atomic E-state index is 13.0. The summed E-state index contributed by atoms with van der Waals surface area (Å²) in [5.74, 6) is -3.25. The smallest absolute Gasteiger partial charge is 0.475 e. The van der Waals surface area contributed by atoms with Crippen molar-refractivity contribution < 1.29 is 41.8 Å². The zero-order valence-corrected chi connectivity index (χ0v) is 16.9. The molecule has 0 bridgehead atoms. The van der Waals surface area contributed by atoms with E-state index < -0.39 is 12.1 Å². The molecular weight excluding hydrogens is 426 g/mol. The molecule has 0 aromatic heterocycles. The number of alkyl halides is 3. The lowest BCUT2D eigenvalue weighted by Gasteiger charge is -2.36. The van der Waals surface area contributed by atoms with E-state index in [0.29, 0.717) is 19.6 Å². The van der Waals surface area contributed by atoms with Crippen molar-refractivity contribution >= 4 is 17.8 Å². The van der Waals surface area contributed by atoms with Crippen LogP contribution in [-0.4, -0.2) is 96.2 Å². The molecule has 0 unspecified atom stereocenters. The molecule has 8 nitrogen and oxygen atoms in total. The molecule has 0 aliphatic carbocycles. The number of nitrogens with zero attached hydrogens (tertiary/aromatic N) is 3. The average molecular weight is 449 g/mol. The molecule has 2 amide bonds. The van der Waals surface area contributed by atoms with Gasteiger partial charge >= 0.3 is 12.1 Å². The number of aliphatic carboxylic acids is 1. The highest BCUT2D eigenvalue weighted by atomic mass is 19.4. The molecular formula is C19H23F4N3O5. The van der Waals surface area contributed by atoms with Crippen molar-refractivity contribution in [3.8, 4) is 0 Å². The Kier molecular flexibility index (Phi) is 7.96. The third-order valence-electron chi connectivity index (χ3n) is 4.82. The van der Waals surface area contributed by atoms with Crippen molar-refractivity contribution in [1.29, 1.82) is 0 Å². The Morgan fingerprint density at radius 3 is 2.29 bits per heavy atom. The number of hydrogen-bond acceptors (Lipinski definition) is 5. The molecule has 2 aliphatic heterocycles. The maximum absolute atomic E-state index is 13.0. The van der Waals surface area contributed by atoms with Crippen molar-refractivity contribution in [2.24, 2.45) is 0 Å². The van der Waals surface area contributed by atoms with E-state index in [1.165, 1.54) is 17.0 Å². The van der Waals surface area contributed by atoms with Crippen molar-refractivity contribution in [3.63, 3.8) is 0 Å². The fraction of sp³-hybridized carbons (Fsp3) is 0.526. The highest BCUT2D eigenvalue weighted by molar-refractivity contribution is 5.86. The summed E-state index contributed by atoms with van der Waals surface area (Å²) in [4.78, 5) is 38.4. The molecule has 2 heterocycles. The van der Waals surface area contributed by atoms with Gasteiger partial charge in [-0.1, -0.05) is 12.1 Å². The zero-order chi connectivity index (χ0) is 23.3. The second-order valence-electron chi connectivity index (χ2n) is 7.35. The molecule has 0 saturated carbocycles. The number of carbonyl (C=O) groups is 3. The SMILES string of the molecule is CN(C)C(=O)CN1C(=O)CO[C@H]2CN(Cc3ccc(F)cc3)C[C@@H]21.O=C(O)C(F)(F)F. The highest BCUT2D eigenvalue weighted by Crippen LogP contribution is 2.25. The molecule has 0 spiro atoms. The number of likely N-dealkylation sites (N-methyl/N-ethyl adjacent to an activating group) is 1. The summed E-state index contributed by atoms with van der Waals surface area (Å²) in [6.45, 7) is 2.11. The molecule has 2 saturated heterocycles. The molecule has 1 aromatic carbocycles. The van der Waals surface area contributed by atoms with Crippen LogP contribution in [0.4, 0.5) is 17.6 Å². The first-order valence-electron chi connectivity index (χ1n) is 9.26. The molecule has 2 fully saturated rings. The summed E-state index contributed by atoms with van der Waals surface area (Å²) in [7, 11) is 3.36. The molecule has 0 radical (unpaired) electrons. The van der Waals surface area contributed by atoms with E-state index in [2.05, 4.69) is 4.90 Å². The second kappa shape index (κ2) is 10.1. The van der Waals surface area contributed by atoms with Crippen LogP contribution in [0.25, 0.3) is 0 Å². The van der Waals surface area contributed by atoms with E-state index in [-0.39, 0.29) is 42.9 Å². The van der Waals surface area contributed by atoms with Crippen molar-refractivity contribution in [2.45, 2.75) is 24.9 Å². The first-order valence-corrected chi connectivity index (χ1v) is 9.26. The summed E-state index contributed by atoms with van der Waals surface area (Å²) < 4.78 is 50.4. The molecule has 31 heavy (non-hydrogen) atoms. The molecule has 172 valence electrons. The Bertz CT molecular complexity index is 801. The van der Waals surface area contributed by atoms with Crippen LogP contribution in [0.2, 0.25) is 0 Å². The lowest BCUT2D eigenvalue weighted by molar-refractivity contribution is -0.192. The van der Waals surface area contributed by atoms with E-state index in [1.54, 1.807) is 31.1 Å². The van der Waals surface area contributed by atoms with Crippen LogP contribution >= 0.6 is 0 Å². The summed E-state index contributed by atoms with van der Waals surface area (Å²) in [5, 5.41) is 7.12. The number of carboxylic acid groups (broad SMARTS) is 1. The van der Waals surface area contributed by atoms with Gasteiger partial charge in [-0.3, -0.25) is 14.5 Å². The molecule has 1 aromatic rings. The van der Waals surface area contributed by atoms with Crippen LogP contribution in [0.3, 0.4) is 0 Å². The third kappa shape index (κ3) is 6.89. The van der Waals surface area contributed by atoms with Gasteiger partial charge in [-0.2, -0.15) is 13.2 Å². The standard InChI is InChI=1S/C17H22FN3O3.C2HF3O2/c1-19(2)16(22)10-21-14-8-20(9-15(14)24-11-17(21)23)7-12-3-5-13(18)6-4-12;3-2(4,5)1(6)7/h3-6,14-15H,7-11H2,1-2H3;(H,6,7)/t14-,15-;/m0./s1. The van der Waals surface area contributed by atoms with E-state index in [4.69, 9.17) is 14.6 Å². The number of benzene rings is 1. The number of carbonyl (C=O) groups excluding carboxylic acids is 2. The van der Waals surface area contributed by atoms with Gasteiger partial charge in [0.15, 0.2) is 0 Å². The quantitative estimate of drug-likeness (QED) is 0.689. The summed E-state index contributed by atoms with van der Waals surface area (Å²) in [6, 6.07) is 6.30. The minimum Gasteiger partial charge on any atom is -0.475 e. The van der Waals surface area contributed by atoms with E-state index in [0.717, 1.165) is 5.56 Å². The normalized spacial score (nSPS) is 21.2. The lowest BCUT2D eigenvalue weighted by atomic mass is 10.1. The first-order chi connectivity index (χ1) is 14.4. The number of morpholine rings is 1. The van der Waals surface area contributed by atoms with Crippen LogP contribution in [0.15, 0.2) is 24.3 Å². The topological polar surface area (TPSA) is 90.4 Å². The Hall–Kier alpha value is -2.73. The minimum atomic E-state index is -5.08. The Balaban J connectivity index is 0.000000423. The Morgan fingerprint density at radius 1 is 1.19 bits per heavy atom. The maximum Gasteiger partial charge on any atom is 0.490 e. The zero-order valence-electron chi connectivity index (χ0n) is 16.9. The van der Waals surface area contributed by atoms with Gasteiger partial charge in [-0.15, -0.1) is 0 Å². The fourth-order valence-corrected chi connectivity index (χ4v) is 3.21. The summed E-state index contributed by atoms with van der Waals surface area (Å²) in [6.07, 6.45) is -5.17. The predicted molar refractivity (Wildman–Crippen MR) is 99.3 cm³/mol. The fourth-order valence-electron chi connectivity index (χ4n) is 3.21. The van der Waals surface area contributed by atoms with Gasteiger partial charge in [-0.25, -0.2) is 9.18 Å². The van der Waals surface area contributed by atoms with Crippen molar-refractivity contribution in [3.05, 3.63) is 35.6 Å². The Morgan fingerprint density at radius 2 is 1.77 bits per heavy atom. The van der Waals surface area contributed by atoms with Gasteiger partial charge in [0.2, 0.25) is 11.8 Å². The van der Waals surface area contributed by atoms with Gasteiger partial charge in [0.05, 0.1) is 12.1 Å². The van der Waals surface area contributed by atoms with E-state index >= 15 is 0 Å². The van der Waals surface area contributed by atoms with Crippen LogP contribution in [0.5, 0.6) is 0 Å². The second-order valence-corrected chi connectivity index (χ2v) is 7.35. The molecule has 3 rings (SSSR count). The van der Waals surface area contributed by atoms with Crippen molar-refractivity contribution in [2.75, 3.05) is 40.3 Å². The summed E-state index contributed by atoms with van der Waals surface area (Å²) in [5.41, 5.74) is 1.01. The number of amides is 2. The lowest BCUT2D eigenvalue weighted by Crippen LogP contribution is -2.56. The van der Waals surface area contributed by atoms with Crippen LogP contribution in [0.1, 0.15) is 5.56 Å². The van der Waals surface area contributed by atoms with Gasteiger partial charge in [-0.05, 0) is 17.7 Å². The van der Waals surface area contributed by atoms with Gasteiger partial charge < -0.3 is 19.6 Å². The molecule has 2 aliphatic rings. The summed E-state index contributed by atoms with van der Waals surface area (Å²) >= 11 is 0. The average Bonchev–Trinajstić information content (AvgIpc) is 3.08. The molecule has 2 atom stereocenters. The number of rotatable bonds is 4. The van der Waals surface area contributed by atoms with E-state index in [9.17, 15) is 27.2 Å². The number of carboxylic acids is 1. The van der Waals surface area contributed by atoms with Crippen LogP contribution < -0.4 is 0 Å². The molecule has 12 heteroatoms. The minimum absolute atomic E-state index is 0.0201. The van der Waals surface area contributed by atoms with Crippen LogP contribution in [-0.2, 0) is 25.7 Å². The highest BCUT2D eigenvalue weighted by Gasteiger charge is 2.43. The number of halogens is 4. The number of hydrogen-bond donors (Lipinski definition) is 1. The monoisotopic (exact) mass is 449 g/mol. The number of fused-ring (bicyclic) bond motifs is 1. The van der Waals surface area contributed by atoms with Gasteiger partial charge in [0.25, 0.3) is 0 Å². The Labute approximate surface area is 176 Å². The first kappa shape index (κ1) is 24.5. The van der Waals surface area contributed by atoms with Gasteiger partial charge in [0.1, 0.15) is 19.0 Å². The predicted octanol–water partition coefficient (Wildman–Crippen LogP) is 0.959. The van der Waals surface area contributed by atoms with Gasteiger partial charge in [0, 0.05) is 33.7 Å². The largest absolute Gasteiger partial charge is 0.490 e. The van der Waals surface area contributed by atoms with Crippen molar-refractivity contribution in [1.82, 2.24) is 14.7 Å².